The second-order valence-electron chi connectivity index (χ2n) is 8.82. The van der Waals surface area contributed by atoms with E-state index in [2.05, 4.69) is 37.8 Å². The summed E-state index contributed by atoms with van der Waals surface area (Å²) in [6, 6.07) is 8.06. The summed E-state index contributed by atoms with van der Waals surface area (Å²) in [6.07, 6.45) is 1.45. The number of fused-ring (bicyclic) bond motifs is 1. The Bertz CT molecular complexity index is 605. The van der Waals surface area contributed by atoms with Crippen LogP contribution < -0.4 is 0 Å². The second-order valence-corrected chi connectivity index (χ2v) is 8.82. The Kier molecular flexibility index (Phi) is 5.33. The number of likely N-dealkylation sites (tertiary alicyclic amines) is 1. The van der Waals surface area contributed by atoms with Crippen LogP contribution in [0.25, 0.3) is 0 Å². The number of rotatable bonds is 6. The van der Waals surface area contributed by atoms with E-state index in [0.717, 1.165) is 38.2 Å². The zero-order chi connectivity index (χ0) is 18.1. The predicted molar refractivity (Wildman–Crippen MR) is 99.0 cm³/mol. The van der Waals surface area contributed by atoms with Crippen molar-refractivity contribution in [2.24, 2.45) is 11.3 Å². The Hall–Kier alpha value is -1.23. The molecule has 2 saturated heterocycles. The summed E-state index contributed by atoms with van der Waals surface area (Å²) in [6.45, 7) is 11.0. The average Bonchev–Trinajstić information content (AvgIpc) is 3.11. The van der Waals surface area contributed by atoms with E-state index in [1.165, 1.54) is 5.56 Å². The van der Waals surface area contributed by atoms with E-state index in [0.29, 0.717) is 18.9 Å². The van der Waals surface area contributed by atoms with Crippen molar-refractivity contribution in [2.45, 2.75) is 39.0 Å². The molecule has 2 aliphatic rings. The molecule has 0 spiro atoms. The Balaban J connectivity index is 1.47. The van der Waals surface area contributed by atoms with Crippen molar-refractivity contribution in [1.82, 2.24) is 4.90 Å². The molecule has 1 aromatic carbocycles. The van der Waals surface area contributed by atoms with Crippen LogP contribution in [0.3, 0.4) is 0 Å². The first-order valence-electron chi connectivity index (χ1n) is 9.39. The number of hydrogen-bond donors (Lipinski definition) is 1. The van der Waals surface area contributed by atoms with E-state index >= 15 is 0 Å². The number of aliphatic hydroxyl groups excluding tert-OH is 1. The molecule has 0 bridgehead atoms. The van der Waals surface area contributed by atoms with Crippen LogP contribution in [0.5, 0.6) is 0 Å². The van der Waals surface area contributed by atoms with E-state index in [-0.39, 0.29) is 23.2 Å². The zero-order valence-corrected chi connectivity index (χ0v) is 15.8. The standard InChI is InChI=1S/C21H31NO3/c1-20(2,3)17-8-6-16(7-9-17)19(24)5-4-10-22-11-18-12-25-15-21(18,13-22)14-23/h6-9,18,23H,4-5,10-15H2,1-3H3/t18-,21-/m0/s1. The highest BCUT2D eigenvalue weighted by atomic mass is 16.5. The molecular weight excluding hydrogens is 314 g/mol. The third-order valence-electron chi connectivity index (χ3n) is 5.86. The molecule has 0 unspecified atom stereocenters. The van der Waals surface area contributed by atoms with E-state index < -0.39 is 0 Å². The van der Waals surface area contributed by atoms with Gasteiger partial charge in [-0.1, -0.05) is 45.0 Å². The lowest BCUT2D eigenvalue weighted by atomic mass is 9.82. The number of aliphatic hydroxyl groups is 1. The Morgan fingerprint density at radius 3 is 2.64 bits per heavy atom. The highest BCUT2D eigenvalue weighted by molar-refractivity contribution is 5.96. The molecular formula is C21H31NO3. The summed E-state index contributed by atoms with van der Waals surface area (Å²) in [5.74, 6) is 0.665. The molecule has 0 aliphatic carbocycles. The van der Waals surface area contributed by atoms with Crippen molar-refractivity contribution < 1.29 is 14.6 Å². The summed E-state index contributed by atoms with van der Waals surface area (Å²) in [5, 5.41) is 9.73. The van der Waals surface area contributed by atoms with Gasteiger partial charge >= 0.3 is 0 Å². The predicted octanol–water partition coefficient (Wildman–Crippen LogP) is 2.89. The molecule has 0 amide bonds. The molecule has 0 aromatic heterocycles. The number of nitrogens with zero attached hydrogens (tertiary/aromatic N) is 1. The van der Waals surface area contributed by atoms with E-state index in [9.17, 15) is 9.90 Å². The van der Waals surface area contributed by atoms with Crippen LogP contribution in [0.2, 0.25) is 0 Å². The number of ether oxygens (including phenoxy) is 1. The molecule has 2 aliphatic heterocycles. The van der Waals surface area contributed by atoms with E-state index in [1.807, 2.05) is 12.1 Å². The maximum atomic E-state index is 12.4. The van der Waals surface area contributed by atoms with Crippen LogP contribution in [0.1, 0.15) is 49.5 Å². The van der Waals surface area contributed by atoms with Crippen molar-refractivity contribution in [3.8, 4) is 0 Å². The molecule has 1 N–H and O–H groups in total. The van der Waals surface area contributed by atoms with Crippen molar-refractivity contribution >= 4 is 5.78 Å². The number of hydrogen-bond acceptors (Lipinski definition) is 4. The molecule has 25 heavy (non-hydrogen) atoms. The molecule has 4 nitrogen and oxygen atoms in total. The lowest BCUT2D eigenvalue weighted by Gasteiger charge is -2.24. The normalized spacial score (nSPS) is 26.8. The first-order valence-corrected chi connectivity index (χ1v) is 9.39. The van der Waals surface area contributed by atoms with Crippen LogP contribution in [0.15, 0.2) is 24.3 Å². The topological polar surface area (TPSA) is 49.8 Å². The number of carbonyl (C=O) groups is 1. The van der Waals surface area contributed by atoms with Crippen molar-refractivity contribution in [1.29, 1.82) is 0 Å². The summed E-state index contributed by atoms with van der Waals surface area (Å²) in [7, 11) is 0. The SMILES string of the molecule is CC(C)(C)c1ccc(C(=O)CCCN2C[C@H]3COC[C@@]3(CO)C2)cc1. The van der Waals surface area contributed by atoms with Crippen LogP contribution in [-0.2, 0) is 10.2 Å². The van der Waals surface area contributed by atoms with Gasteiger partial charge < -0.3 is 14.7 Å². The Morgan fingerprint density at radius 2 is 2.04 bits per heavy atom. The molecule has 3 rings (SSSR count). The summed E-state index contributed by atoms with van der Waals surface area (Å²) in [5.41, 5.74) is 2.12. The molecule has 2 atom stereocenters. The smallest absolute Gasteiger partial charge is 0.162 e. The zero-order valence-electron chi connectivity index (χ0n) is 15.8. The molecule has 0 saturated carbocycles. The van der Waals surface area contributed by atoms with Crippen LogP contribution in [0, 0.1) is 11.3 Å². The van der Waals surface area contributed by atoms with Gasteiger partial charge in [0.15, 0.2) is 5.78 Å². The Morgan fingerprint density at radius 1 is 1.32 bits per heavy atom. The van der Waals surface area contributed by atoms with Gasteiger partial charge in [-0.2, -0.15) is 0 Å². The van der Waals surface area contributed by atoms with Crippen LogP contribution >= 0.6 is 0 Å². The number of carbonyl (C=O) groups excluding carboxylic acids is 1. The largest absolute Gasteiger partial charge is 0.396 e. The van der Waals surface area contributed by atoms with Crippen molar-refractivity contribution in [3.63, 3.8) is 0 Å². The third-order valence-corrected chi connectivity index (χ3v) is 5.86. The van der Waals surface area contributed by atoms with Gasteiger partial charge in [-0.25, -0.2) is 0 Å². The molecule has 2 heterocycles. The van der Waals surface area contributed by atoms with E-state index in [1.54, 1.807) is 0 Å². The first-order chi connectivity index (χ1) is 11.8. The fourth-order valence-electron chi connectivity index (χ4n) is 4.10. The molecule has 2 fully saturated rings. The van der Waals surface area contributed by atoms with E-state index in [4.69, 9.17) is 4.74 Å². The van der Waals surface area contributed by atoms with Gasteiger partial charge in [0.25, 0.3) is 0 Å². The summed E-state index contributed by atoms with van der Waals surface area (Å²) < 4.78 is 5.55. The average molecular weight is 345 g/mol. The van der Waals surface area contributed by atoms with Gasteiger partial charge in [0, 0.05) is 36.4 Å². The van der Waals surface area contributed by atoms with Gasteiger partial charge in [-0.15, -0.1) is 0 Å². The van der Waals surface area contributed by atoms with Gasteiger partial charge in [-0.05, 0) is 23.9 Å². The molecule has 138 valence electrons. The quantitative estimate of drug-likeness (QED) is 0.806. The minimum atomic E-state index is -0.0627. The maximum absolute atomic E-state index is 12.4. The maximum Gasteiger partial charge on any atom is 0.162 e. The van der Waals surface area contributed by atoms with Crippen LogP contribution in [-0.4, -0.2) is 55.2 Å². The molecule has 1 aromatic rings. The number of Topliss-reactive ketones (excluding diaryl/α,β-unsaturated/α-hetero) is 1. The number of benzene rings is 1. The lowest BCUT2D eigenvalue weighted by molar-refractivity contribution is 0.0805. The van der Waals surface area contributed by atoms with Gasteiger partial charge in [-0.3, -0.25) is 4.79 Å². The van der Waals surface area contributed by atoms with Crippen molar-refractivity contribution in [2.75, 3.05) is 39.5 Å². The van der Waals surface area contributed by atoms with Gasteiger partial charge in [0.2, 0.25) is 0 Å². The van der Waals surface area contributed by atoms with Gasteiger partial charge in [0.05, 0.1) is 19.8 Å². The minimum Gasteiger partial charge on any atom is -0.396 e. The third kappa shape index (κ3) is 3.97. The molecule has 0 radical (unpaired) electrons. The highest BCUT2D eigenvalue weighted by Gasteiger charge is 2.49. The van der Waals surface area contributed by atoms with Crippen LogP contribution in [0.4, 0.5) is 0 Å². The fraction of sp³-hybridized carbons (Fsp3) is 0.667. The summed E-state index contributed by atoms with van der Waals surface area (Å²) >= 11 is 0. The number of ketones is 1. The minimum absolute atomic E-state index is 0.0627. The Labute approximate surface area is 151 Å². The molecule has 4 heteroatoms. The van der Waals surface area contributed by atoms with Gasteiger partial charge in [0.1, 0.15) is 0 Å². The second kappa shape index (κ2) is 7.18. The monoisotopic (exact) mass is 345 g/mol. The fourth-order valence-corrected chi connectivity index (χ4v) is 4.10. The first kappa shape index (κ1) is 18.6. The highest BCUT2D eigenvalue weighted by Crippen LogP contribution is 2.40. The van der Waals surface area contributed by atoms with Crippen molar-refractivity contribution in [3.05, 3.63) is 35.4 Å². The summed E-state index contributed by atoms with van der Waals surface area (Å²) in [4.78, 5) is 14.8. The lowest BCUT2D eigenvalue weighted by Crippen LogP contribution is -2.34.